The molecule has 1 atom stereocenters. The SMILES string of the molecule is CCCOP(=O)(OC)N(C)C. The molecule has 0 aliphatic rings. The molecule has 0 aromatic heterocycles. The molecule has 0 saturated heterocycles. The summed E-state index contributed by atoms with van der Waals surface area (Å²) in [4.78, 5) is 0. The van der Waals surface area contributed by atoms with Crippen LogP contribution >= 0.6 is 7.75 Å². The molecule has 4 nitrogen and oxygen atoms in total. The number of nitrogens with zero attached hydrogens (tertiary/aromatic N) is 1. The second-order valence-electron chi connectivity index (χ2n) is 2.33. The van der Waals surface area contributed by atoms with Gasteiger partial charge in [0.1, 0.15) is 0 Å². The van der Waals surface area contributed by atoms with Crippen LogP contribution in [0.15, 0.2) is 0 Å². The molecule has 0 aromatic carbocycles. The van der Waals surface area contributed by atoms with Crippen molar-refractivity contribution in [2.75, 3.05) is 27.8 Å². The van der Waals surface area contributed by atoms with E-state index >= 15 is 0 Å². The summed E-state index contributed by atoms with van der Waals surface area (Å²) in [7, 11) is 1.76. The predicted molar refractivity (Wildman–Crippen MR) is 44.5 cm³/mol. The lowest BCUT2D eigenvalue weighted by molar-refractivity contribution is 0.197. The van der Waals surface area contributed by atoms with E-state index in [0.717, 1.165) is 6.42 Å². The smallest absolute Gasteiger partial charge is 0.300 e. The molecular formula is C6H16NO3P. The zero-order chi connectivity index (χ0) is 8.91. The lowest BCUT2D eigenvalue weighted by atomic mass is 10.5. The highest BCUT2D eigenvalue weighted by atomic mass is 31.2. The Morgan fingerprint density at radius 1 is 1.45 bits per heavy atom. The van der Waals surface area contributed by atoms with Gasteiger partial charge in [-0.25, -0.2) is 9.24 Å². The fraction of sp³-hybridized carbons (Fsp3) is 1.00. The van der Waals surface area contributed by atoms with Gasteiger partial charge in [-0.15, -0.1) is 0 Å². The molecule has 11 heavy (non-hydrogen) atoms. The summed E-state index contributed by atoms with van der Waals surface area (Å²) in [5.74, 6) is 0. The maximum absolute atomic E-state index is 11.5. The van der Waals surface area contributed by atoms with Crippen molar-refractivity contribution in [3.8, 4) is 0 Å². The van der Waals surface area contributed by atoms with Gasteiger partial charge in [0.05, 0.1) is 6.61 Å². The average Bonchev–Trinajstić information content (AvgIpc) is 2.00. The lowest BCUT2D eigenvalue weighted by Crippen LogP contribution is -2.12. The van der Waals surface area contributed by atoms with Crippen molar-refractivity contribution in [3.05, 3.63) is 0 Å². The summed E-state index contributed by atoms with van der Waals surface area (Å²) in [6, 6.07) is 0. The van der Waals surface area contributed by atoms with Gasteiger partial charge < -0.3 is 0 Å². The molecule has 68 valence electrons. The molecule has 0 aliphatic carbocycles. The zero-order valence-corrected chi connectivity index (χ0v) is 8.43. The van der Waals surface area contributed by atoms with Gasteiger partial charge in [-0.05, 0) is 20.5 Å². The van der Waals surface area contributed by atoms with Gasteiger partial charge in [0.15, 0.2) is 0 Å². The van der Waals surface area contributed by atoms with Crippen LogP contribution in [0, 0.1) is 0 Å². The molecule has 0 bridgehead atoms. The van der Waals surface area contributed by atoms with E-state index in [2.05, 4.69) is 0 Å². The van der Waals surface area contributed by atoms with Gasteiger partial charge in [-0.1, -0.05) is 6.92 Å². The van der Waals surface area contributed by atoms with Crippen molar-refractivity contribution in [1.29, 1.82) is 0 Å². The first kappa shape index (κ1) is 11.1. The van der Waals surface area contributed by atoms with E-state index in [1.807, 2.05) is 6.92 Å². The van der Waals surface area contributed by atoms with Crippen molar-refractivity contribution >= 4 is 7.75 Å². The van der Waals surface area contributed by atoms with Gasteiger partial charge in [0, 0.05) is 7.11 Å². The maximum Gasteiger partial charge on any atom is 0.407 e. The van der Waals surface area contributed by atoms with Crippen LogP contribution < -0.4 is 0 Å². The minimum absolute atomic E-state index is 0.462. The third-order valence-electron chi connectivity index (χ3n) is 1.18. The largest absolute Gasteiger partial charge is 0.407 e. The van der Waals surface area contributed by atoms with Gasteiger partial charge in [0.2, 0.25) is 0 Å². The first-order valence-electron chi connectivity index (χ1n) is 3.55. The Kier molecular flexibility index (Phi) is 4.93. The summed E-state index contributed by atoms with van der Waals surface area (Å²) >= 11 is 0. The first-order chi connectivity index (χ1) is 5.06. The van der Waals surface area contributed by atoms with Crippen molar-refractivity contribution < 1.29 is 13.6 Å². The normalized spacial score (nSPS) is 16.8. The topological polar surface area (TPSA) is 38.8 Å². The molecule has 0 amide bonds. The standard InChI is InChI=1S/C6H16NO3P/c1-5-6-10-11(8,9-4)7(2)3/h5-6H2,1-4H3. The summed E-state index contributed by atoms with van der Waals surface area (Å²) in [6.07, 6.45) is 0.835. The average molecular weight is 181 g/mol. The Morgan fingerprint density at radius 3 is 2.27 bits per heavy atom. The third-order valence-corrected chi connectivity index (χ3v) is 3.13. The van der Waals surface area contributed by atoms with Crippen LogP contribution in [0.3, 0.4) is 0 Å². The van der Waals surface area contributed by atoms with E-state index in [1.54, 1.807) is 14.1 Å². The Morgan fingerprint density at radius 2 is 2.00 bits per heavy atom. The molecule has 0 heterocycles. The Hall–Kier alpha value is 0.110. The molecule has 1 unspecified atom stereocenters. The number of hydrogen-bond donors (Lipinski definition) is 0. The molecule has 5 heteroatoms. The molecule has 0 aliphatic heterocycles. The summed E-state index contributed by atoms with van der Waals surface area (Å²) in [6.45, 7) is 2.42. The van der Waals surface area contributed by atoms with Crippen LogP contribution in [-0.2, 0) is 13.6 Å². The fourth-order valence-corrected chi connectivity index (χ4v) is 1.61. The summed E-state index contributed by atoms with van der Waals surface area (Å²) < 4.78 is 22.8. The van der Waals surface area contributed by atoms with Crippen LogP contribution in [0.5, 0.6) is 0 Å². The molecule has 0 saturated carbocycles. The molecule has 0 N–H and O–H groups in total. The Bertz CT molecular complexity index is 149. The Labute approximate surface area is 68.1 Å². The zero-order valence-electron chi connectivity index (χ0n) is 7.53. The quantitative estimate of drug-likeness (QED) is 0.605. The van der Waals surface area contributed by atoms with Crippen LogP contribution in [0.2, 0.25) is 0 Å². The minimum Gasteiger partial charge on any atom is -0.300 e. The van der Waals surface area contributed by atoms with Crippen molar-refractivity contribution in [2.45, 2.75) is 13.3 Å². The first-order valence-corrected chi connectivity index (χ1v) is 5.04. The van der Waals surface area contributed by atoms with E-state index in [-0.39, 0.29) is 0 Å². The number of rotatable bonds is 5. The van der Waals surface area contributed by atoms with Crippen molar-refractivity contribution in [1.82, 2.24) is 4.67 Å². The van der Waals surface area contributed by atoms with Crippen LogP contribution in [0.25, 0.3) is 0 Å². The highest BCUT2D eigenvalue weighted by molar-refractivity contribution is 7.51. The lowest BCUT2D eigenvalue weighted by Gasteiger charge is -2.21. The molecule has 0 radical (unpaired) electrons. The van der Waals surface area contributed by atoms with Crippen molar-refractivity contribution in [3.63, 3.8) is 0 Å². The minimum atomic E-state index is -2.96. The van der Waals surface area contributed by atoms with Gasteiger partial charge in [-0.2, -0.15) is 0 Å². The van der Waals surface area contributed by atoms with E-state index in [4.69, 9.17) is 9.05 Å². The van der Waals surface area contributed by atoms with Crippen LogP contribution in [-0.4, -0.2) is 32.5 Å². The van der Waals surface area contributed by atoms with Crippen LogP contribution in [0.1, 0.15) is 13.3 Å². The summed E-state index contributed by atoms with van der Waals surface area (Å²) in [5.41, 5.74) is 0. The highest BCUT2D eigenvalue weighted by Crippen LogP contribution is 2.48. The monoisotopic (exact) mass is 181 g/mol. The molecular weight excluding hydrogens is 165 g/mol. The van der Waals surface area contributed by atoms with Gasteiger partial charge in [0.25, 0.3) is 0 Å². The van der Waals surface area contributed by atoms with E-state index in [9.17, 15) is 4.57 Å². The number of hydrogen-bond acceptors (Lipinski definition) is 3. The van der Waals surface area contributed by atoms with Gasteiger partial charge in [-0.3, -0.25) is 9.05 Å². The van der Waals surface area contributed by atoms with Crippen LogP contribution in [0.4, 0.5) is 0 Å². The second-order valence-corrected chi connectivity index (χ2v) is 4.69. The molecule has 0 rings (SSSR count). The Balaban J connectivity index is 4.01. The third kappa shape index (κ3) is 3.34. The highest BCUT2D eigenvalue weighted by Gasteiger charge is 2.25. The predicted octanol–water partition coefficient (Wildman–Crippen LogP) is 1.73. The van der Waals surface area contributed by atoms with E-state index < -0.39 is 7.75 Å². The van der Waals surface area contributed by atoms with E-state index in [0.29, 0.717) is 6.61 Å². The molecule has 0 fully saturated rings. The van der Waals surface area contributed by atoms with E-state index in [1.165, 1.54) is 11.8 Å². The summed E-state index contributed by atoms with van der Waals surface area (Å²) in [5, 5.41) is 0. The maximum atomic E-state index is 11.5. The second kappa shape index (κ2) is 4.88. The van der Waals surface area contributed by atoms with Crippen molar-refractivity contribution in [2.24, 2.45) is 0 Å². The molecule has 0 spiro atoms. The van der Waals surface area contributed by atoms with Gasteiger partial charge >= 0.3 is 7.75 Å². The fourth-order valence-electron chi connectivity index (χ4n) is 0.538. The molecule has 0 aromatic rings.